The van der Waals surface area contributed by atoms with Crippen molar-refractivity contribution in [1.29, 1.82) is 0 Å². The molecule has 1 fully saturated rings. The van der Waals surface area contributed by atoms with Gasteiger partial charge in [0.1, 0.15) is 29.7 Å². The monoisotopic (exact) mass is 719 g/mol. The summed E-state index contributed by atoms with van der Waals surface area (Å²) in [7, 11) is 0. The van der Waals surface area contributed by atoms with Crippen LogP contribution in [0.3, 0.4) is 0 Å². The number of pyridine rings is 1. The van der Waals surface area contributed by atoms with E-state index >= 15 is 0 Å². The smallest absolute Gasteiger partial charge is 0.246 e. The summed E-state index contributed by atoms with van der Waals surface area (Å²) in [6.07, 6.45) is 5.77. The minimum absolute atomic E-state index is 0.0236. The quantitative estimate of drug-likeness (QED) is 0.107. The Morgan fingerprint density at radius 3 is 2.19 bits per heavy atom. The third kappa shape index (κ3) is 10.7. The van der Waals surface area contributed by atoms with Crippen LogP contribution in [0.2, 0.25) is 5.02 Å². The van der Waals surface area contributed by atoms with Gasteiger partial charge in [0.2, 0.25) is 11.8 Å². The van der Waals surface area contributed by atoms with Gasteiger partial charge in [-0.05, 0) is 82.3 Å². The fourth-order valence-electron chi connectivity index (χ4n) is 5.78. The normalized spacial score (nSPS) is 13.4. The van der Waals surface area contributed by atoms with Crippen LogP contribution in [0, 0.1) is 5.82 Å². The summed E-state index contributed by atoms with van der Waals surface area (Å²) < 4.78 is 30.6. The molecule has 52 heavy (non-hydrogen) atoms. The predicted molar refractivity (Wildman–Crippen MR) is 204 cm³/mol. The van der Waals surface area contributed by atoms with Crippen molar-refractivity contribution in [2.45, 2.75) is 39.3 Å². The second kappa shape index (κ2) is 17.8. The van der Waals surface area contributed by atoms with E-state index in [1.165, 1.54) is 28.8 Å². The Labute approximate surface area is 310 Å². The molecule has 0 atom stereocenters. The van der Waals surface area contributed by atoms with E-state index in [1.807, 2.05) is 23.1 Å². The van der Waals surface area contributed by atoms with Crippen LogP contribution in [0.15, 0.2) is 115 Å². The number of benzene rings is 4. The number of ether oxygens (including phenoxy) is 3. The fourth-order valence-corrected chi connectivity index (χ4v) is 6.01. The van der Waals surface area contributed by atoms with E-state index in [0.29, 0.717) is 54.6 Å². The number of amides is 1. The number of aromatic nitrogens is 1. The summed E-state index contributed by atoms with van der Waals surface area (Å²) in [6, 6.07) is 32.0. The lowest BCUT2D eigenvalue weighted by molar-refractivity contribution is -0.127. The van der Waals surface area contributed by atoms with Gasteiger partial charge in [0.05, 0.1) is 17.8 Å². The molecule has 1 aliphatic heterocycles. The van der Waals surface area contributed by atoms with Gasteiger partial charge in [-0.3, -0.25) is 9.69 Å². The van der Waals surface area contributed by atoms with Crippen molar-refractivity contribution in [3.05, 3.63) is 154 Å². The van der Waals surface area contributed by atoms with Gasteiger partial charge in [-0.2, -0.15) is 0 Å². The maximum absolute atomic E-state index is 13.1. The summed E-state index contributed by atoms with van der Waals surface area (Å²) in [5.41, 5.74) is 5.47. The first-order valence-electron chi connectivity index (χ1n) is 17.6. The zero-order valence-electron chi connectivity index (χ0n) is 29.5. The second-order valence-electron chi connectivity index (χ2n) is 13.1. The van der Waals surface area contributed by atoms with Crippen LogP contribution < -0.4 is 14.2 Å². The van der Waals surface area contributed by atoms with E-state index in [0.717, 1.165) is 42.9 Å². The van der Waals surface area contributed by atoms with Crippen molar-refractivity contribution < 1.29 is 23.4 Å². The van der Waals surface area contributed by atoms with Crippen molar-refractivity contribution in [2.24, 2.45) is 0 Å². The van der Waals surface area contributed by atoms with Crippen LogP contribution in [-0.4, -0.2) is 53.5 Å². The molecule has 1 aliphatic rings. The fraction of sp³-hybridized carbons (Fsp3) is 0.256. The van der Waals surface area contributed by atoms with E-state index in [-0.39, 0.29) is 11.7 Å². The van der Waals surface area contributed by atoms with E-state index in [2.05, 4.69) is 60.1 Å². The lowest BCUT2D eigenvalue weighted by Gasteiger charge is -2.34. The van der Waals surface area contributed by atoms with Gasteiger partial charge in [0.15, 0.2) is 0 Å². The lowest BCUT2D eigenvalue weighted by Crippen LogP contribution is -2.47. The summed E-state index contributed by atoms with van der Waals surface area (Å²) in [4.78, 5) is 21.5. The predicted octanol–water partition coefficient (Wildman–Crippen LogP) is 9.35. The molecule has 7 nitrogen and oxygen atoms in total. The first-order chi connectivity index (χ1) is 25.3. The Kier molecular flexibility index (Phi) is 12.6. The van der Waals surface area contributed by atoms with E-state index in [1.54, 1.807) is 54.7 Å². The van der Waals surface area contributed by atoms with Crippen molar-refractivity contribution in [3.63, 3.8) is 0 Å². The third-order valence-electron chi connectivity index (χ3n) is 8.94. The second-order valence-corrected chi connectivity index (χ2v) is 13.5. The molecule has 0 unspecified atom stereocenters. The average molecular weight is 720 g/mol. The first kappa shape index (κ1) is 36.6. The summed E-state index contributed by atoms with van der Waals surface area (Å²) in [5.74, 6) is 2.47. The number of piperazine rings is 1. The van der Waals surface area contributed by atoms with Gasteiger partial charge in [0, 0.05) is 51.3 Å². The molecule has 0 saturated carbocycles. The third-order valence-corrected chi connectivity index (χ3v) is 9.23. The van der Waals surface area contributed by atoms with E-state index < -0.39 is 0 Å². The van der Waals surface area contributed by atoms with Gasteiger partial charge < -0.3 is 19.1 Å². The summed E-state index contributed by atoms with van der Waals surface area (Å²) >= 11 is 6.51. The van der Waals surface area contributed by atoms with E-state index in [9.17, 15) is 9.18 Å². The van der Waals surface area contributed by atoms with Gasteiger partial charge in [-0.15, -0.1) is 0 Å². The molecule has 0 aliphatic carbocycles. The molecule has 0 spiro atoms. The molecule has 2 heterocycles. The maximum atomic E-state index is 13.1. The average Bonchev–Trinajstić information content (AvgIpc) is 3.16. The zero-order chi connectivity index (χ0) is 36.3. The highest BCUT2D eigenvalue weighted by Crippen LogP contribution is 2.30. The van der Waals surface area contributed by atoms with Crippen molar-refractivity contribution >= 4 is 23.6 Å². The number of hydrogen-bond acceptors (Lipinski definition) is 6. The maximum Gasteiger partial charge on any atom is 0.246 e. The Bertz CT molecular complexity index is 1920. The van der Waals surface area contributed by atoms with Crippen molar-refractivity contribution in [1.82, 2.24) is 14.8 Å². The molecule has 6 rings (SSSR count). The molecule has 9 heteroatoms. The van der Waals surface area contributed by atoms with Crippen LogP contribution in [0.5, 0.6) is 23.1 Å². The number of nitrogens with zero attached hydrogens (tertiary/aromatic N) is 3. The van der Waals surface area contributed by atoms with Gasteiger partial charge >= 0.3 is 0 Å². The molecule has 5 aromatic rings. The summed E-state index contributed by atoms with van der Waals surface area (Å²) in [5, 5.41) is 0.398. The van der Waals surface area contributed by atoms with Gasteiger partial charge in [-0.1, -0.05) is 80.0 Å². The number of carbonyl (C=O) groups is 1. The number of rotatable bonds is 14. The van der Waals surface area contributed by atoms with Crippen LogP contribution in [-0.2, 0) is 24.4 Å². The van der Waals surface area contributed by atoms with E-state index in [4.69, 9.17) is 25.8 Å². The molecule has 0 bridgehead atoms. The number of hydrogen-bond donors (Lipinski definition) is 0. The summed E-state index contributed by atoms with van der Waals surface area (Å²) in [6.45, 7) is 9.16. The lowest BCUT2D eigenvalue weighted by atomic mass is 10.0. The minimum Gasteiger partial charge on any atom is -0.493 e. The molecule has 1 amide bonds. The molecule has 1 saturated heterocycles. The topological polar surface area (TPSA) is 64.1 Å². The van der Waals surface area contributed by atoms with Crippen LogP contribution in [0.4, 0.5) is 4.39 Å². The highest BCUT2D eigenvalue weighted by atomic mass is 35.5. The van der Waals surface area contributed by atoms with Crippen LogP contribution in [0.1, 0.15) is 47.6 Å². The van der Waals surface area contributed by atoms with Crippen LogP contribution >= 0.6 is 11.6 Å². The molecule has 268 valence electrons. The van der Waals surface area contributed by atoms with Crippen molar-refractivity contribution in [2.75, 3.05) is 32.8 Å². The standard InChI is InChI=1S/C43H43ClFN3O4/c1-31(2)36-11-15-38(16-12-36)50-26-21-32-3-5-34(6-4-32)29-47-22-24-48(25-23-47)43(49)20-10-33-9-18-41(40(44)27-33)52-42-19-17-39(28-46-42)51-30-35-7-13-37(45)14-8-35/h3-20,27-28,31H,21-26,29-30H2,1-2H3. The van der Waals surface area contributed by atoms with Crippen molar-refractivity contribution in [3.8, 4) is 23.1 Å². The molecule has 1 aromatic heterocycles. The molecule has 4 aromatic carbocycles. The largest absolute Gasteiger partial charge is 0.493 e. The molecule has 0 radical (unpaired) electrons. The Morgan fingerprint density at radius 2 is 1.52 bits per heavy atom. The molecular weight excluding hydrogens is 677 g/mol. The number of carbonyl (C=O) groups excluding carboxylic acids is 1. The highest BCUT2D eigenvalue weighted by molar-refractivity contribution is 6.32. The Morgan fingerprint density at radius 1 is 0.827 bits per heavy atom. The number of halogens is 2. The minimum atomic E-state index is -0.288. The molecular formula is C43H43ClFN3O4. The Hall–Kier alpha value is -5.18. The Balaban J connectivity index is 0.902. The molecule has 0 N–H and O–H groups in total. The highest BCUT2D eigenvalue weighted by Gasteiger charge is 2.20. The van der Waals surface area contributed by atoms with Gasteiger partial charge in [0.25, 0.3) is 0 Å². The first-order valence-corrected chi connectivity index (χ1v) is 18.0. The van der Waals surface area contributed by atoms with Gasteiger partial charge in [-0.25, -0.2) is 9.37 Å². The van der Waals surface area contributed by atoms with Crippen LogP contribution in [0.25, 0.3) is 6.08 Å². The zero-order valence-corrected chi connectivity index (χ0v) is 30.3. The SMILES string of the molecule is CC(C)c1ccc(OCCc2ccc(CN3CCN(C(=O)C=Cc4ccc(Oc5ccc(OCc6ccc(F)cc6)cn5)c(Cl)c4)CC3)cc2)cc1.